The summed E-state index contributed by atoms with van der Waals surface area (Å²) < 4.78 is 13.9. The van der Waals surface area contributed by atoms with E-state index in [-0.39, 0.29) is 0 Å². The molecule has 0 fully saturated rings. The normalized spacial score (nSPS) is 10.9. The summed E-state index contributed by atoms with van der Waals surface area (Å²) in [5.41, 5.74) is 2.58. The molecule has 2 aromatic heterocycles. The molecule has 0 atom stereocenters. The molecule has 0 bridgehead atoms. The van der Waals surface area contributed by atoms with E-state index in [2.05, 4.69) is 37.8 Å². The molecule has 0 aliphatic rings. The van der Waals surface area contributed by atoms with Crippen molar-refractivity contribution >= 4 is 33.5 Å². The van der Waals surface area contributed by atoms with Gasteiger partial charge in [-0.05, 0) is 46.9 Å². The third-order valence-corrected chi connectivity index (χ3v) is 3.44. The lowest BCUT2D eigenvalue weighted by Gasteiger charge is -1.98. The number of hydrogen-bond donors (Lipinski definition) is 1. The molecule has 3 rings (SSSR count). The van der Waals surface area contributed by atoms with Crippen LogP contribution >= 0.6 is 22.6 Å². The molecule has 0 unspecified atom stereocenters. The molecule has 1 N–H and O–H groups in total. The molecule has 0 aliphatic heterocycles. The number of benzene rings is 1. The van der Waals surface area contributed by atoms with Crippen molar-refractivity contribution in [2.75, 3.05) is 0 Å². The minimum atomic E-state index is -0.483. The van der Waals surface area contributed by atoms with E-state index in [4.69, 9.17) is 0 Å². The van der Waals surface area contributed by atoms with Crippen LogP contribution in [0.15, 0.2) is 36.5 Å². The van der Waals surface area contributed by atoms with Gasteiger partial charge >= 0.3 is 0 Å². The molecule has 3 nitrogen and oxygen atoms in total. The molecule has 17 heavy (non-hydrogen) atoms. The lowest BCUT2D eigenvalue weighted by atomic mass is 10.1. The molecule has 0 aliphatic carbocycles. The van der Waals surface area contributed by atoms with Gasteiger partial charge in [0, 0.05) is 20.7 Å². The fourth-order valence-electron chi connectivity index (χ4n) is 1.75. The van der Waals surface area contributed by atoms with Crippen LogP contribution in [-0.4, -0.2) is 15.2 Å². The van der Waals surface area contributed by atoms with Gasteiger partial charge in [0.05, 0.1) is 5.52 Å². The van der Waals surface area contributed by atoms with Crippen molar-refractivity contribution in [2.24, 2.45) is 0 Å². The number of H-pyrrole nitrogens is 1. The molecule has 3 aromatic rings. The van der Waals surface area contributed by atoms with E-state index in [1.807, 2.05) is 18.2 Å². The number of fused-ring (bicyclic) bond motifs is 1. The Morgan fingerprint density at radius 3 is 2.82 bits per heavy atom. The van der Waals surface area contributed by atoms with Crippen molar-refractivity contribution in [3.8, 4) is 11.3 Å². The van der Waals surface area contributed by atoms with E-state index < -0.39 is 5.95 Å². The lowest BCUT2D eigenvalue weighted by Crippen LogP contribution is -1.85. The number of aromatic amines is 1. The average Bonchev–Trinajstić information content (AvgIpc) is 2.75. The van der Waals surface area contributed by atoms with Crippen LogP contribution in [0.3, 0.4) is 0 Å². The smallest absolute Gasteiger partial charge is 0.212 e. The van der Waals surface area contributed by atoms with Gasteiger partial charge in [0.1, 0.15) is 5.69 Å². The van der Waals surface area contributed by atoms with Gasteiger partial charge in [-0.25, -0.2) is 4.98 Å². The Kier molecular flexibility index (Phi) is 2.54. The van der Waals surface area contributed by atoms with Crippen molar-refractivity contribution in [1.82, 2.24) is 15.2 Å². The van der Waals surface area contributed by atoms with Gasteiger partial charge in [-0.15, -0.1) is 0 Å². The summed E-state index contributed by atoms with van der Waals surface area (Å²) in [6.45, 7) is 0. The fourth-order valence-corrected chi connectivity index (χ4v) is 2.51. The molecule has 0 spiro atoms. The summed E-state index contributed by atoms with van der Waals surface area (Å²) in [4.78, 5) is 3.65. The van der Waals surface area contributed by atoms with E-state index in [0.717, 1.165) is 25.7 Å². The first-order valence-corrected chi connectivity index (χ1v) is 6.08. The second kappa shape index (κ2) is 4.06. The molecule has 5 heteroatoms. The number of halogens is 2. The van der Waals surface area contributed by atoms with E-state index in [9.17, 15) is 4.39 Å². The predicted octanol–water partition coefficient (Wildman–Crippen LogP) is 3.37. The number of nitrogens with one attached hydrogen (secondary N) is 1. The molecule has 84 valence electrons. The Balaban J connectivity index is 2.27. The molecule has 0 saturated carbocycles. The fraction of sp³-hybridized carbons (Fsp3) is 0. The van der Waals surface area contributed by atoms with Gasteiger partial charge < -0.3 is 0 Å². The minimum absolute atomic E-state index is 0.483. The highest BCUT2D eigenvalue weighted by Crippen LogP contribution is 2.29. The van der Waals surface area contributed by atoms with Crippen LogP contribution in [-0.2, 0) is 0 Å². The van der Waals surface area contributed by atoms with Crippen LogP contribution in [0.4, 0.5) is 4.39 Å². The van der Waals surface area contributed by atoms with Crippen molar-refractivity contribution < 1.29 is 4.39 Å². The van der Waals surface area contributed by atoms with Gasteiger partial charge in [0.15, 0.2) is 0 Å². The Morgan fingerprint density at radius 1 is 1.18 bits per heavy atom. The van der Waals surface area contributed by atoms with Crippen LogP contribution in [0, 0.1) is 9.52 Å². The second-order valence-electron chi connectivity index (χ2n) is 3.60. The SMILES string of the molecule is Fc1ccc(-c2n[nH]c3cccc(I)c23)cn1. The number of pyridine rings is 1. The zero-order valence-corrected chi connectivity index (χ0v) is 10.8. The van der Waals surface area contributed by atoms with Gasteiger partial charge in [-0.1, -0.05) is 6.07 Å². The van der Waals surface area contributed by atoms with Gasteiger partial charge in [-0.3, -0.25) is 5.10 Å². The Hall–Kier alpha value is -1.50. The third-order valence-electron chi connectivity index (χ3n) is 2.54. The van der Waals surface area contributed by atoms with Crippen molar-refractivity contribution in [1.29, 1.82) is 0 Å². The van der Waals surface area contributed by atoms with E-state index in [1.54, 1.807) is 6.07 Å². The molecular weight excluding hydrogens is 332 g/mol. The quantitative estimate of drug-likeness (QED) is 0.546. The zero-order valence-electron chi connectivity index (χ0n) is 8.61. The predicted molar refractivity (Wildman–Crippen MR) is 72.0 cm³/mol. The van der Waals surface area contributed by atoms with Crippen LogP contribution in [0.2, 0.25) is 0 Å². The standard InChI is InChI=1S/C12H7FIN3/c13-10-5-4-7(6-15-10)12-11-8(14)2-1-3-9(11)16-17-12/h1-6H,(H,16,17). The van der Waals surface area contributed by atoms with Crippen LogP contribution in [0.25, 0.3) is 22.2 Å². The van der Waals surface area contributed by atoms with Crippen molar-refractivity contribution in [3.05, 3.63) is 46.0 Å². The average molecular weight is 339 g/mol. The molecule has 0 saturated heterocycles. The third kappa shape index (κ3) is 1.80. The van der Waals surface area contributed by atoms with Gasteiger partial charge in [-0.2, -0.15) is 9.49 Å². The van der Waals surface area contributed by atoms with Crippen LogP contribution in [0.1, 0.15) is 0 Å². The summed E-state index contributed by atoms with van der Waals surface area (Å²) in [6, 6.07) is 8.96. The van der Waals surface area contributed by atoms with Crippen molar-refractivity contribution in [3.63, 3.8) is 0 Å². The molecule has 0 radical (unpaired) electrons. The zero-order chi connectivity index (χ0) is 11.8. The topological polar surface area (TPSA) is 41.6 Å². The number of nitrogens with zero attached hydrogens (tertiary/aromatic N) is 2. The largest absolute Gasteiger partial charge is 0.277 e. The summed E-state index contributed by atoms with van der Waals surface area (Å²) in [7, 11) is 0. The Bertz CT molecular complexity index is 676. The second-order valence-corrected chi connectivity index (χ2v) is 4.77. The lowest BCUT2D eigenvalue weighted by molar-refractivity contribution is 0.584. The summed E-state index contributed by atoms with van der Waals surface area (Å²) in [5.74, 6) is -0.483. The first-order chi connectivity index (χ1) is 8.25. The first kappa shape index (κ1) is 10.6. The van der Waals surface area contributed by atoms with Crippen molar-refractivity contribution in [2.45, 2.75) is 0 Å². The highest BCUT2D eigenvalue weighted by molar-refractivity contribution is 14.1. The highest BCUT2D eigenvalue weighted by atomic mass is 127. The summed E-state index contributed by atoms with van der Waals surface area (Å²) >= 11 is 2.26. The number of rotatable bonds is 1. The highest BCUT2D eigenvalue weighted by Gasteiger charge is 2.10. The van der Waals surface area contributed by atoms with Crippen LogP contribution < -0.4 is 0 Å². The maximum absolute atomic E-state index is 12.8. The number of hydrogen-bond acceptors (Lipinski definition) is 2. The minimum Gasteiger partial charge on any atom is -0.277 e. The molecular formula is C12H7FIN3. The van der Waals surface area contributed by atoms with Gasteiger partial charge in [0.2, 0.25) is 5.95 Å². The Labute approximate surface area is 110 Å². The monoisotopic (exact) mass is 339 g/mol. The molecule has 2 heterocycles. The summed E-state index contributed by atoms with van der Waals surface area (Å²) in [5, 5.41) is 8.27. The number of aromatic nitrogens is 3. The Morgan fingerprint density at radius 2 is 2.06 bits per heavy atom. The van der Waals surface area contributed by atoms with Crippen LogP contribution in [0.5, 0.6) is 0 Å². The van der Waals surface area contributed by atoms with E-state index in [0.29, 0.717) is 0 Å². The molecule has 1 aromatic carbocycles. The maximum Gasteiger partial charge on any atom is 0.212 e. The maximum atomic E-state index is 12.8. The van der Waals surface area contributed by atoms with E-state index >= 15 is 0 Å². The molecule has 0 amide bonds. The van der Waals surface area contributed by atoms with E-state index in [1.165, 1.54) is 12.3 Å². The summed E-state index contributed by atoms with van der Waals surface area (Å²) in [6.07, 6.45) is 1.49. The van der Waals surface area contributed by atoms with Gasteiger partial charge in [0.25, 0.3) is 0 Å². The first-order valence-electron chi connectivity index (χ1n) is 5.00.